The summed E-state index contributed by atoms with van der Waals surface area (Å²) in [7, 11) is -1.75. The van der Waals surface area contributed by atoms with Crippen molar-refractivity contribution in [2.24, 2.45) is 0 Å². The fourth-order valence-corrected chi connectivity index (χ4v) is 3.80. The fourth-order valence-electron chi connectivity index (χ4n) is 2.73. The van der Waals surface area contributed by atoms with Crippen molar-refractivity contribution >= 4 is 19.9 Å². The van der Waals surface area contributed by atoms with Crippen molar-refractivity contribution in [3.8, 4) is 6.07 Å². The Morgan fingerprint density at radius 1 is 1.29 bits per heavy atom. The van der Waals surface area contributed by atoms with Crippen LogP contribution in [0.5, 0.6) is 0 Å². The minimum atomic E-state index is -1.75. The van der Waals surface area contributed by atoms with Gasteiger partial charge in [-0.15, -0.1) is 0 Å². The van der Waals surface area contributed by atoms with Gasteiger partial charge >= 0.3 is 0 Å². The van der Waals surface area contributed by atoms with E-state index in [1.54, 1.807) is 12.1 Å². The molecule has 130 valence electrons. The zero-order valence-corrected chi connectivity index (χ0v) is 16.4. The molecule has 1 aromatic carbocycles. The summed E-state index contributed by atoms with van der Waals surface area (Å²) in [6, 6.07) is 9.57. The van der Waals surface area contributed by atoms with Gasteiger partial charge in [-0.25, -0.2) is 0 Å². The number of carbonyl (C=O) groups is 1. The van der Waals surface area contributed by atoms with E-state index in [9.17, 15) is 4.79 Å². The first-order valence-corrected chi connectivity index (χ1v) is 11.5. The van der Waals surface area contributed by atoms with Gasteiger partial charge in [0.2, 0.25) is 5.91 Å². The molecule has 0 saturated carbocycles. The minimum absolute atomic E-state index is 0.164. The molecule has 1 fully saturated rings. The van der Waals surface area contributed by atoms with Gasteiger partial charge in [0.05, 0.1) is 11.6 Å². The van der Waals surface area contributed by atoms with Gasteiger partial charge in [-0.1, -0.05) is 20.8 Å². The molecule has 1 aliphatic heterocycles. The molecule has 0 spiro atoms. The van der Waals surface area contributed by atoms with Crippen molar-refractivity contribution in [1.29, 1.82) is 5.26 Å². The Balaban J connectivity index is 2.02. The maximum Gasteiger partial charge on any atom is 0.227 e. The highest BCUT2D eigenvalue weighted by atomic mass is 28.4. The second kappa shape index (κ2) is 7.08. The summed E-state index contributed by atoms with van der Waals surface area (Å²) in [5.41, 5.74) is 1.50. The van der Waals surface area contributed by atoms with Crippen LogP contribution in [-0.4, -0.2) is 26.9 Å². The molecular weight excluding hydrogens is 316 g/mol. The topological polar surface area (TPSA) is 53.3 Å². The van der Waals surface area contributed by atoms with Crippen LogP contribution in [0.2, 0.25) is 18.1 Å². The Morgan fingerprint density at radius 3 is 2.46 bits per heavy atom. The lowest BCUT2D eigenvalue weighted by Gasteiger charge is -2.36. The summed E-state index contributed by atoms with van der Waals surface area (Å²) in [6.45, 7) is 11.9. The predicted octanol–water partition coefficient (Wildman–Crippen LogP) is 4.47. The average molecular weight is 345 g/mol. The van der Waals surface area contributed by atoms with Crippen molar-refractivity contribution in [3.05, 3.63) is 29.8 Å². The number of amides is 1. The summed E-state index contributed by atoms with van der Waals surface area (Å²) in [4.78, 5) is 14.2. The molecule has 2 rings (SSSR count). The third-order valence-electron chi connectivity index (χ3n) is 5.32. The number of nitrogens with zero attached hydrogens (tertiary/aromatic N) is 2. The van der Waals surface area contributed by atoms with E-state index in [-0.39, 0.29) is 17.0 Å². The SMILES string of the molecule is CC(C)(C)[Si](C)(C)OCC[C@@H]1CCC(=O)N1c1ccc(C#N)cc1. The smallest absolute Gasteiger partial charge is 0.227 e. The molecule has 1 saturated heterocycles. The van der Waals surface area contributed by atoms with E-state index in [2.05, 4.69) is 39.9 Å². The van der Waals surface area contributed by atoms with E-state index in [0.717, 1.165) is 18.5 Å². The van der Waals surface area contributed by atoms with Crippen LogP contribution in [0.1, 0.15) is 45.6 Å². The fraction of sp³-hybridized carbons (Fsp3) is 0.579. The maximum absolute atomic E-state index is 12.3. The van der Waals surface area contributed by atoms with E-state index < -0.39 is 8.32 Å². The highest BCUT2D eigenvalue weighted by molar-refractivity contribution is 6.74. The van der Waals surface area contributed by atoms with Crippen LogP contribution in [0.15, 0.2) is 24.3 Å². The van der Waals surface area contributed by atoms with Crippen LogP contribution in [0.4, 0.5) is 5.69 Å². The van der Waals surface area contributed by atoms with E-state index in [1.165, 1.54) is 0 Å². The molecule has 1 aliphatic rings. The number of hydrogen-bond donors (Lipinski definition) is 0. The summed E-state index contributed by atoms with van der Waals surface area (Å²) >= 11 is 0. The van der Waals surface area contributed by atoms with Crippen LogP contribution < -0.4 is 4.90 Å². The molecular formula is C19H28N2O2Si. The minimum Gasteiger partial charge on any atom is -0.417 e. The van der Waals surface area contributed by atoms with Crippen LogP contribution in [0, 0.1) is 11.3 Å². The van der Waals surface area contributed by atoms with Gasteiger partial charge in [-0.3, -0.25) is 4.79 Å². The Bertz CT molecular complexity index is 626. The first-order chi connectivity index (χ1) is 11.2. The molecule has 0 bridgehead atoms. The molecule has 0 N–H and O–H groups in total. The molecule has 5 heteroatoms. The van der Waals surface area contributed by atoms with E-state index in [0.29, 0.717) is 18.6 Å². The Morgan fingerprint density at radius 2 is 1.92 bits per heavy atom. The van der Waals surface area contributed by atoms with Crippen LogP contribution in [-0.2, 0) is 9.22 Å². The molecule has 24 heavy (non-hydrogen) atoms. The van der Waals surface area contributed by atoms with Crippen molar-refractivity contribution in [2.45, 2.75) is 64.2 Å². The molecule has 1 heterocycles. The van der Waals surface area contributed by atoms with Gasteiger partial charge in [-0.05, 0) is 55.2 Å². The first-order valence-electron chi connectivity index (χ1n) is 8.62. The van der Waals surface area contributed by atoms with Crippen molar-refractivity contribution in [1.82, 2.24) is 0 Å². The van der Waals surface area contributed by atoms with Crippen molar-refractivity contribution in [3.63, 3.8) is 0 Å². The van der Waals surface area contributed by atoms with Crippen molar-refractivity contribution < 1.29 is 9.22 Å². The Kier molecular flexibility index (Phi) is 5.51. The zero-order valence-electron chi connectivity index (χ0n) is 15.4. The average Bonchev–Trinajstić information content (AvgIpc) is 2.87. The zero-order chi connectivity index (χ0) is 18.0. The quantitative estimate of drug-likeness (QED) is 0.741. The lowest BCUT2D eigenvalue weighted by atomic mass is 10.1. The van der Waals surface area contributed by atoms with Crippen LogP contribution >= 0.6 is 0 Å². The molecule has 4 nitrogen and oxygen atoms in total. The molecule has 0 unspecified atom stereocenters. The largest absolute Gasteiger partial charge is 0.417 e. The third-order valence-corrected chi connectivity index (χ3v) is 9.86. The number of benzene rings is 1. The lowest BCUT2D eigenvalue weighted by molar-refractivity contribution is -0.117. The van der Waals surface area contributed by atoms with Gasteiger partial charge in [0.25, 0.3) is 0 Å². The van der Waals surface area contributed by atoms with Gasteiger partial charge in [0, 0.05) is 24.8 Å². The molecule has 1 aromatic rings. The Labute approximate surface area is 146 Å². The van der Waals surface area contributed by atoms with Gasteiger partial charge in [0.1, 0.15) is 0 Å². The van der Waals surface area contributed by atoms with Gasteiger partial charge in [0.15, 0.2) is 8.32 Å². The normalized spacial score (nSPS) is 18.8. The summed E-state index contributed by atoms with van der Waals surface area (Å²) in [5, 5.41) is 9.11. The number of carbonyl (C=O) groups excluding carboxylic acids is 1. The predicted molar refractivity (Wildman–Crippen MR) is 99.4 cm³/mol. The summed E-state index contributed by atoms with van der Waals surface area (Å²) < 4.78 is 6.27. The van der Waals surface area contributed by atoms with Crippen LogP contribution in [0.3, 0.4) is 0 Å². The molecule has 1 atom stereocenters. The molecule has 0 radical (unpaired) electrons. The highest BCUT2D eigenvalue weighted by Gasteiger charge is 2.38. The van der Waals surface area contributed by atoms with E-state index in [1.807, 2.05) is 17.0 Å². The molecule has 1 amide bonds. The number of anilines is 1. The number of rotatable bonds is 5. The Hall–Kier alpha value is -1.64. The lowest BCUT2D eigenvalue weighted by Crippen LogP contribution is -2.42. The first kappa shape index (κ1) is 18.7. The van der Waals surface area contributed by atoms with E-state index in [4.69, 9.17) is 9.69 Å². The van der Waals surface area contributed by atoms with Gasteiger partial charge < -0.3 is 9.33 Å². The second-order valence-corrected chi connectivity index (χ2v) is 12.8. The third kappa shape index (κ3) is 4.06. The standard InChI is InChI=1S/C19H28N2O2Si/c1-19(2,3)24(4,5)23-13-12-17-10-11-18(22)21(17)16-8-6-15(14-20)7-9-16/h6-9,17H,10-13H2,1-5H3/t17-/m0/s1. The highest BCUT2D eigenvalue weighted by Crippen LogP contribution is 2.37. The van der Waals surface area contributed by atoms with E-state index >= 15 is 0 Å². The van der Waals surface area contributed by atoms with Gasteiger partial charge in [-0.2, -0.15) is 5.26 Å². The summed E-state index contributed by atoms with van der Waals surface area (Å²) in [6.07, 6.45) is 2.32. The second-order valence-electron chi connectivity index (χ2n) is 8.01. The van der Waals surface area contributed by atoms with Crippen molar-refractivity contribution in [2.75, 3.05) is 11.5 Å². The van der Waals surface area contributed by atoms with Crippen LogP contribution in [0.25, 0.3) is 0 Å². The molecule has 0 aliphatic carbocycles. The maximum atomic E-state index is 12.3. The molecule has 0 aromatic heterocycles. The number of hydrogen-bond acceptors (Lipinski definition) is 3. The monoisotopic (exact) mass is 344 g/mol. The number of nitriles is 1. The summed E-state index contributed by atoms with van der Waals surface area (Å²) in [5.74, 6) is 0.164.